The van der Waals surface area contributed by atoms with E-state index in [0.717, 1.165) is 24.0 Å². The van der Waals surface area contributed by atoms with E-state index in [1.54, 1.807) is 23.9 Å². The van der Waals surface area contributed by atoms with Crippen molar-refractivity contribution in [1.29, 1.82) is 5.26 Å². The van der Waals surface area contributed by atoms with Crippen molar-refractivity contribution >= 4 is 22.7 Å². The van der Waals surface area contributed by atoms with Gasteiger partial charge in [0, 0.05) is 18.3 Å². The molecule has 3 N–H and O–H groups in total. The molecule has 3 heterocycles. The highest BCUT2D eigenvalue weighted by molar-refractivity contribution is 5.94. The molecule has 0 amide bonds. The highest BCUT2D eigenvalue weighted by Gasteiger charge is 2.31. The van der Waals surface area contributed by atoms with Crippen LogP contribution >= 0.6 is 0 Å². The number of nitrogen functional groups attached to an aromatic ring is 1. The zero-order valence-electron chi connectivity index (χ0n) is 18.7. The number of aromatic nitrogens is 5. The minimum absolute atomic E-state index is 0.0529. The number of pyridine rings is 1. The average Bonchev–Trinajstić information content (AvgIpc) is 3.69. The van der Waals surface area contributed by atoms with Gasteiger partial charge in [0.05, 0.1) is 30.3 Å². The third kappa shape index (κ3) is 3.77. The number of rotatable bonds is 6. The van der Waals surface area contributed by atoms with Gasteiger partial charge in [-0.25, -0.2) is 15.0 Å². The number of nitriles is 1. The number of nitrogens with zero attached hydrogens (tertiary/aromatic N) is 6. The van der Waals surface area contributed by atoms with Crippen LogP contribution in [0.15, 0.2) is 47.5 Å². The van der Waals surface area contributed by atoms with Crippen LogP contribution in [0.1, 0.15) is 43.2 Å². The van der Waals surface area contributed by atoms with Gasteiger partial charge >= 0.3 is 0 Å². The van der Waals surface area contributed by atoms with E-state index in [9.17, 15) is 10.1 Å². The number of hydrogen-bond acceptors (Lipinski definition) is 9. The molecule has 34 heavy (non-hydrogen) atoms. The van der Waals surface area contributed by atoms with Crippen LogP contribution < -0.4 is 21.3 Å². The Balaban J connectivity index is 1.66. The average molecular weight is 454 g/mol. The van der Waals surface area contributed by atoms with Gasteiger partial charge in [-0.05, 0) is 43.0 Å². The summed E-state index contributed by atoms with van der Waals surface area (Å²) in [7, 11) is 1.56. The summed E-state index contributed by atoms with van der Waals surface area (Å²) in [4.78, 5) is 31.0. The maximum Gasteiger partial charge on any atom is 0.262 e. The summed E-state index contributed by atoms with van der Waals surface area (Å²) in [5.74, 6) is 1.40. The van der Waals surface area contributed by atoms with Gasteiger partial charge in [0.25, 0.3) is 5.56 Å². The SMILES string of the molecule is COc1cc(-c2cccc3nc([C@@H](C)Nc4nc(N)ncc4C#N)n(C4CC4)c(=O)c23)ccn1. The molecule has 170 valence electrons. The normalized spacial score (nSPS) is 13.9. The first-order chi connectivity index (χ1) is 16.5. The Labute approximate surface area is 195 Å². The summed E-state index contributed by atoms with van der Waals surface area (Å²) in [6.45, 7) is 1.88. The maximum absolute atomic E-state index is 13.9. The van der Waals surface area contributed by atoms with Gasteiger partial charge in [-0.3, -0.25) is 9.36 Å². The molecule has 1 saturated carbocycles. The largest absolute Gasteiger partial charge is 0.481 e. The smallest absolute Gasteiger partial charge is 0.262 e. The number of ether oxygens (including phenoxy) is 1. The molecule has 0 aliphatic heterocycles. The van der Waals surface area contributed by atoms with Crippen LogP contribution in [0.4, 0.5) is 11.8 Å². The monoisotopic (exact) mass is 454 g/mol. The van der Waals surface area contributed by atoms with Crippen molar-refractivity contribution < 1.29 is 4.74 Å². The van der Waals surface area contributed by atoms with Crippen LogP contribution in [0, 0.1) is 11.3 Å². The molecule has 5 rings (SSSR count). The van der Waals surface area contributed by atoms with Crippen molar-refractivity contribution in [2.75, 3.05) is 18.2 Å². The van der Waals surface area contributed by atoms with Crippen molar-refractivity contribution in [3.05, 3.63) is 64.5 Å². The molecule has 4 aromatic rings. The zero-order chi connectivity index (χ0) is 23.8. The predicted molar refractivity (Wildman–Crippen MR) is 127 cm³/mol. The van der Waals surface area contributed by atoms with E-state index in [2.05, 4.69) is 26.3 Å². The van der Waals surface area contributed by atoms with Gasteiger partial charge in [-0.15, -0.1) is 0 Å². The number of anilines is 2. The lowest BCUT2D eigenvalue weighted by Gasteiger charge is -2.21. The van der Waals surface area contributed by atoms with Crippen LogP contribution in [0.2, 0.25) is 0 Å². The quantitative estimate of drug-likeness (QED) is 0.448. The fourth-order valence-corrected chi connectivity index (χ4v) is 4.04. The van der Waals surface area contributed by atoms with Crippen LogP contribution in [-0.2, 0) is 0 Å². The summed E-state index contributed by atoms with van der Waals surface area (Å²) in [6, 6.07) is 11.0. The summed E-state index contributed by atoms with van der Waals surface area (Å²) in [6.07, 6.45) is 4.83. The third-order valence-electron chi connectivity index (χ3n) is 5.79. The molecule has 1 aliphatic rings. The fourth-order valence-electron chi connectivity index (χ4n) is 4.04. The Morgan fingerprint density at radius 1 is 1.26 bits per heavy atom. The Kier molecular flexibility index (Phi) is 5.30. The number of benzene rings is 1. The van der Waals surface area contributed by atoms with Crippen LogP contribution in [0.25, 0.3) is 22.0 Å². The summed E-state index contributed by atoms with van der Waals surface area (Å²) >= 11 is 0. The second kappa shape index (κ2) is 8.44. The Hall–Kier alpha value is -4.52. The molecule has 0 unspecified atom stereocenters. The van der Waals surface area contributed by atoms with Crippen LogP contribution in [-0.4, -0.2) is 31.6 Å². The number of nitrogens with two attached hydrogens (primary N) is 1. The lowest BCUT2D eigenvalue weighted by atomic mass is 10.0. The fraction of sp³-hybridized carbons (Fsp3) is 0.250. The van der Waals surface area contributed by atoms with E-state index in [0.29, 0.717) is 28.4 Å². The molecule has 0 spiro atoms. The second-order valence-electron chi connectivity index (χ2n) is 8.13. The van der Waals surface area contributed by atoms with E-state index in [1.807, 2.05) is 31.2 Å². The third-order valence-corrected chi connectivity index (χ3v) is 5.79. The van der Waals surface area contributed by atoms with Gasteiger partial charge < -0.3 is 15.8 Å². The number of hydrogen-bond donors (Lipinski definition) is 2. The molecular formula is C24H22N8O2. The van der Waals surface area contributed by atoms with E-state index in [-0.39, 0.29) is 23.1 Å². The first-order valence-corrected chi connectivity index (χ1v) is 10.8. The van der Waals surface area contributed by atoms with Gasteiger partial charge in [0.1, 0.15) is 23.3 Å². The highest BCUT2D eigenvalue weighted by atomic mass is 16.5. The molecule has 1 atom stereocenters. The first kappa shape index (κ1) is 21.3. The number of fused-ring (bicyclic) bond motifs is 1. The topological polar surface area (TPSA) is 145 Å². The molecule has 0 radical (unpaired) electrons. The van der Waals surface area contributed by atoms with Crippen LogP contribution in [0.3, 0.4) is 0 Å². The van der Waals surface area contributed by atoms with Crippen molar-refractivity contribution in [1.82, 2.24) is 24.5 Å². The molecule has 1 aromatic carbocycles. The van der Waals surface area contributed by atoms with Crippen molar-refractivity contribution in [2.45, 2.75) is 31.8 Å². The minimum Gasteiger partial charge on any atom is -0.481 e. The Morgan fingerprint density at radius 2 is 2.09 bits per heavy atom. The van der Waals surface area contributed by atoms with Gasteiger partial charge in [-0.1, -0.05) is 12.1 Å². The summed E-state index contributed by atoms with van der Waals surface area (Å²) in [5, 5.41) is 13.2. The molecule has 3 aromatic heterocycles. The number of nitrogens with one attached hydrogen (secondary N) is 1. The van der Waals surface area contributed by atoms with Crippen molar-refractivity contribution in [3.63, 3.8) is 0 Å². The van der Waals surface area contributed by atoms with Crippen molar-refractivity contribution in [2.24, 2.45) is 0 Å². The molecule has 1 fully saturated rings. The molecular weight excluding hydrogens is 432 g/mol. The Bertz CT molecular complexity index is 1500. The van der Waals surface area contributed by atoms with Crippen molar-refractivity contribution in [3.8, 4) is 23.1 Å². The van der Waals surface area contributed by atoms with E-state index in [1.165, 1.54) is 6.20 Å². The molecule has 10 nitrogen and oxygen atoms in total. The zero-order valence-corrected chi connectivity index (χ0v) is 18.7. The second-order valence-corrected chi connectivity index (χ2v) is 8.13. The maximum atomic E-state index is 13.9. The number of methoxy groups -OCH3 is 1. The standard InChI is InChI=1S/C24H22N8O2/c1-13(29-21-15(11-25)12-28-24(26)31-21)22-30-18-5-3-4-17(14-8-9-27-19(10-14)34-2)20(18)23(33)32(22)16-6-7-16/h3-5,8-10,12-13,16H,6-7H2,1-2H3,(H3,26,28,29,31)/t13-/m1/s1. The molecule has 1 aliphatic carbocycles. The predicted octanol–water partition coefficient (Wildman–Crippen LogP) is 3.22. The lowest BCUT2D eigenvalue weighted by molar-refractivity contribution is 0.398. The van der Waals surface area contributed by atoms with Gasteiger partial charge in [0.2, 0.25) is 11.8 Å². The van der Waals surface area contributed by atoms with Crippen LogP contribution in [0.5, 0.6) is 5.88 Å². The van der Waals surface area contributed by atoms with Gasteiger partial charge in [-0.2, -0.15) is 10.2 Å². The molecule has 0 bridgehead atoms. The molecule has 10 heteroatoms. The van der Waals surface area contributed by atoms with E-state index < -0.39 is 6.04 Å². The van der Waals surface area contributed by atoms with E-state index in [4.69, 9.17) is 15.5 Å². The Morgan fingerprint density at radius 3 is 2.82 bits per heavy atom. The van der Waals surface area contributed by atoms with Gasteiger partial charge in [0.15, 0.2) is 0 Å². The summed E-state index contributed by atoms with van der Waals surface area (Å²) in [5.41, 5.74) is 8.06. The summed E-state index contributed by atoms with van der Waals surface area (Å²) < 4.78 is 7.03. The first-order valence-electron chi connectivity index (χ1n) is 10.8. The minimum atomic E-state index is -0.413. The lowest BCUT2D eigenvalue weighted by Crippen LogP contribution is -2.28. The highest BCUT2D eigenvalue weighted by Crippen LogP contribution is 2.37. The van der Waals surface area contributed by atoms with E-state index >= 15 is 0 Å². The molecule has 0 saturated heterocycles.